The highest BCUT2D eigenvalue weighted by Crippen LogP contribution is 2.10. The zero-order chi connectivity index (χ0) is 9.80. The van der Waals surface area contributed by atoms with Crippen LogP contribution in [0.5, 0.6) is 0 Å². The van der Waals surface area contributed by atoms with Gasteiger partial charge in [0, 0.05) is 11.4 Å². The van der Waals surface area contributed by atoms with Gasteiger partial charge in [-0.15, -0.1) is 20.4 Å². The number of nitrogens with zero attached hydrogens (tertiary/aromatic N) is 4. The standard InChI is InChI=1S/C9H7ClN4/c10-8-3-1-7(2-4-8)5-9-13-11-6-12-14-9/h1-4,6H,5H2. The van der Waals surface area contributed by atoms with Crippen LogP contribution in [0.1, 0.15) is 11.4 Å². The highest BCUT2D eigenvalue weighted by molar-refractivity contribution is 6.30. The second-order valence-corrected chi connectivity index (χ2v) is 3.20. The van der Waals surface area contributed by atoms with Crippen LogP contribution in [0.2, 0.25) is 5.02 Å². The minimum atomic E-state index is 0.606. The van der Waals surface area contributed by atoms with Crippen molar-refractivity contribution in [1.82, 2.24) is 20.4 Å². The van der Waals surface area contributed by atoms with Gasteiger partial charge in [-0.05, 0) is 17.7 Å². The molecule has 0 N–H and O–H groups in total. The lowest BCUT2D eigenvalue weighted by molar-refractivity contribution is 0.777. The van der Waals surface area contributed by atoms with Crippen molar-refractivity contribution in [3.8, 4) is 0 Å². The van der Waals surface area contributed by atoms with Crippen LogP contribution in [0.4, 0.5) is 0 Å². The Morgan fingerprint density at radius 1 is 1.00 bits per heavy atom. The Morgan fingerprint density at radius 3 is 2.29 bits per heavy atom. The fourth-order valence-corrected chi connectivity index (χ4v) is 1.21. The second-order valence-electron chi connectivity index (χ2n) is 2.77. The van der Waals surface area contributed by atoms with Crippen LogP contribution in [0.3, 0.4) is 0 Å². The first-order chi connectivity index (χ1) is 6.84. The molecule has 0 radical (unpaired) electrons. The van der Waals surface area contributed by atoms with Gasteiger partial charge in [0.15, 0.2) is 12.2 Å². The lowest BCUT2D eigenvalue weighted by Crippen LogP contribution is -1.99. The summed E-state index contributed by atoms with van der Waals surface area (Å²) in [5.74, 6) is 0.606. The van der Waals surface area contributed by atoms with Gasteiger partial charge in [-0.25, -0.2) is 0 Å². The lowest BCUT2D eigenvalue weighted by Gasteiger charge is -1.97. The fraction of sp³-hybridized carbons (Fsp3) is 0.111. The molecule has 2 aromatic rings. The van der Waals surface area contributed by atoms with Crippen molar-refractivity contribution in [2.75, 3.05) is 0 Å². The summed E-state index contributed by atoms with van der Waals surface area (Å²) >= 11 is 5.76. The van der Waals surface area contributed by atoms with Crippen molar-refractivity contribution in [2.45, 2.75) is 6.42 Å². The number of hydrogen-bond donors (Lipinski definition) is 0. The molecule has 0 spiro atoms. The minimum Gasteiger partial charge on any atom is -0.135 e. The quantitative estimate of drug-likeness (QED) is 0.748. The topological polar surface area (TPSA) is 51.6 Å². The van der Waals surface area contributed by atoms with Crippen LogP contribution >= 0.6 is 11.6 Å². The molecule has 1 heterocycles. The molecule has 0 aliphatic heterocycles. The molecular formula is C9H7ClN4. The van der Waals surface area contributed by atoms with E-state index in [1.807, 2.05) is 24.3 Å². The number of halogens is 1. The summed E-state index contributed by atoms with van der Waals surface area (Å²) in [7, 11) is 0. The zero-order valence-electron chi connectivity index (χ0n) is 7.26. The maximum absolute atomic E-state index is 5.76. The lowest BCUT2D eigenvalue weighted by atomic mass is 10.1. The summed E-state index contributed by atoms with van der Waals surface area (Å²) in [6.45, 7) is 0. The van der Waals surface area contributed by atoms with E-state index >= 15 is 0 Å². The molecule has 1 aromatic carbocycles. The first-order valence-corrected chi connectivity index (χ1v) is 4.46. The molecule has 0 amide bonds. The molecular weight excluding hydrogens is 200 g/mol. The van der Waals surface area contributed by atoms with E-state index in [4.69, 9.17) is 11.6 Å². The van der Waals surface area contributed by atoms with Gasteiger partial charge in [-0.3, -0.25) is 0 Å². The Hall–Kier alpha value is -1.55. The van der Waals surface area contributed by atoms with E-state index in [9.17, 15) is 0 Å². The van der Waals surface area contributed by atoms with E-state index in [1.54, 1.807) is 0 Å². The predicted molar refractivity (Wildman–Crippen MR) is 51.9 cm³/mol. The summed E-state index contributed by atoms with van der Waals surface area (Å²) in [6, 6.07) is 7.53. The SMILES string of the molecule is Clc1ccc(Cc2nncnn2)cc1. The largest absolute Gasteiger partial charge is 0.177 e. The average Bonchev–Trinajstić information content (AvgIpc) is 2.23. The van der Waals surface area contributed by atoms with E-state index in [-0.39, 0.29) is 0 Å². The molecule has 2 rings (SSSR count). The van der Waals surface area contributed by atoms with Crippen LogP contribution < -0.4 is 0 Å². The first kappa shape index (κ1) is 9.02. The molecule has 1 aromatic heterocycles. The van der Waals surface area contributed by atoms with Crippen LogP contribution in [0.15, 0.2) is 30.6 Å². The van der Waals surface area contributed by atoms with Crippen molar-refractivity contribution < 1.29 is 0 Å². The third kappa shape index (κ3) is 2.23. The van der Waals surface area contributed by atoms with E-state index in [0.29, 0.717) is 12.2 Å². The van der Waals surface area contributed by atoms with Crippen molar-refractivity contribution >= 4 is 11.6 Å². The molecule has 0 saturated carbocycles. The molecule has 0 fully saturated rings. The van der Waals surface area contributed by atoms with E-state index in [0.717, 1.165) is 10.6 Å². The molecule has 0 atom stereocenters. The van der Waals surface area contributed by atoms with Gasteiger partial charge in [0.2, 0.25) is 0 Å². The van der Waals surface area contributed by atoms with Crippen molar-refractivity contribution in [3.05, 3.63) is 47.0 Å². The summed E-state index contributed by atoms with van der Waals surface area (Å²) in [5, 5.41) is 15.7. The summed E-state index contributed by atoms with van der Waals surface area (Å²) < 4.78 is 0. The number of hydrogen-bond acceptors (Lipinski definition) is 4. The molecule has 0 unspecified atom stereocenters. The van der Waals surface area contributed by atoms with Gasteiger partial charge < -0.3 is 0 Å². The number of benzene rings is 1. The fourth-order valence-electron chi connectivity index (χ4n) is 1.08. The summed E-state index contributed by atoms with van der Waals surface area (Å²) in [5.41, 5.74) is 1.09. The summed E-state index contributed by atoms with van der Waals surface area (Å²) in [6.07, 6.45) is 1.93. The Kier molecular flexibility index (Phi) is 2.65. The molecule has 14 heavy (non-hydrogen) atoms. The van der Waals surface area contributed by atoms with Gasteiger partial charge >= 0.3 is 0 Å². The maximum atomic E-state index is 5.76. The summed E-state index contributed by atoms with van der Waals surface area (Å²) in [4.78, 5) is 0. The normalized spacial score (nSPS) is 10.1. The first-order valence-electron chi connectivity index (χ1n) is 4.08. The van der Waals surface area contributed by atoms with Gasteiger partial charge in [-0.1, -0.05) is 23.7 Å². The van der Waals surface area contributed by atoms with Crippen molar-refractivity contribution in [2.24, 2.45) is 0 Å². The van der Waals surface area contributed by atoms with Gasteiger partial charge in [0.05, 0.1) is 0 Å². The van der Waals surface area contributed by atoms with Gasteiger partial charge in [0.1, 0.15) is 0 Å². The van der Waals surface area contributed by atoms with Crippen molar-refractivity contribution in [3.63, 3.8) is 0 Å². The Morgan fingerprint density at radius 2 is 1.64 bits per heavy atom. The highest BCUT2D eigenvalue weighted by atomic mass is 35.5. The number of aromatic nitrogens is 4. The Bertz CT molecular complexity index is 401. The Balaban J connectivity index is 2.16. The van der Waals surface area contributed by atoms with E-state index in [1.165, 1.54) is 6.33 Å². The molecule has 70 valence electrons. The molecule has 4 nitrogen and oxygen atoms in total. The van der Waals surface area contributed by atoms with Gasteiger partial charge in [0.25, 0.3) is 0 Å². The third-order valence-electron chi connectivity index (χ3n) is 1.73. The average molecular weight is 207 g/mol. The maximum Gasteiger partial charge on any atom is 0.177 e. The van der Waals surface area contributed by atoms with Crippen LogP contribution in [-0.2, 0) is 6.42 Å². The number of rotatable bonds is 2. The third-order valence-corrected chi connectivity index (χ3v) is 1.98. The minimum absolute atomic E-state index is 0.606. The highest BCUT2D eigenvalue weighted by Gasteiger charge is 1.99. The second kappa shape index (κ2) is 4.11. The molecule has 0 aliphatic carbocycles. The Labute approximate surface area is 86.0 Å². The predicted octanol–water partition coefficient (Wildman–Crippen LogP) is 1.51. The molecule has 0 saturated heterocycles. The van der Waals surface area contributed by atoms with E-state index in [2.05, 4.69) is 20.4 Å². The monoisotopic (exact) mass is 206 g/mol. The van der Waals surface area contributed by atoms with Crippen LogP contribution in [0.25, 0.3) is 0 Å². The van der Waals surface area contributed by atoms with Crippen LogP contribution in [0, 0.1) is 0 Å². The van der Waals surface area contributed by atoms with Gasteiger partial charge in [-0.2, -0.15) is 0 Å². The smallest absolute Gasteiger partial charge is 0.135 e. The zero-order valence-corrected chi connectivity index (χ0v) is 8.02. The molecule has 5 heteroatoms. The van der Waals surface area contributed by atoms with E-state index < -0.39 is 0 Å². The molecule has 0 aliphatic rings. The van der Waals surface area contributed by atoms with Crippen molar-refractivity contribution in [1.29, 1.82) is 0 Å². The molecule has 0 bridgehead atoms. The van der Waals surface area contributed by atoms with Crippen LogP contribution in [-0.4, -0.2) is 20.4 Å².